The third-order valence-electron chi connectivity index (χ3n) is 3.66. The maximum atomic E-state index is 12.0. The van der Waals surface area contributed by atoms with Gasteiger partial charge in [-0.2, -0.15) is 0 Å². The topological polar surface area (TPSA) is 32.3 Å². The second-order valence-electron chi connectivity index (χ2n) is 4.56. The molecule has 3 nitrogen and oxygen atoms in total. The summed E-state index contributed by atoms with van der Waals surface area (Å²) < 4.78 is 0. The summed E-state index contributed by atoms with van der Waals surface area (Å²) in [4.78, 5) is 14.0. The molecule has 0 radical (unpaired) electrons. The van der Waals surface area contributed by atoms with Gasteiger partial charge >= 0.3 is 0 Å². The summed E-state index contributed by atoms with van der Waals surface area (Å²) >= 11 is 0. The van der Waals surface area contributed by atoms with Gasteiger partial charge in [-0.25, -0.2) is 0 Å². The summed E-state index contributed by atoms with van der Waals surface area (Å²) in [5, 5.41) is 3.29. The summed E-state index contributed by atoms with van der Waals surface area (Å²) in [5.74, 6) is 0.679. The third kappa shape index (κ3) is 1.92. The minimum atomic E-state index is 0.293. The molecule has 80 valence electrons. The number of carbonyl (C=O) groups is 1. The number of nitrogens with one attached hydrogen (secondary N) is 1. The van der Waals surface area contributed by atoms with Gasteiger partial charge in [0.15, 0.2) is 0 Å². The normalized spacial score (nSPS) is 24.4. The van der Waals surface area contributed by atoms with E-state index in [0.29, 0.717) is 17.9 Å². The van der Waals surface area contributed by atoms with Crippen molar-refractivity contribution in [1.82, 2.24) is 10.2 Å². The Balaban J connectivity index is 1.85. The minimum Gasteiger partial charge on any atom is -0.343 e. The molecule has 0 aromatic rings. The Morgan fingerprint density at radius 3 is 2.36 bits per heavy atom. The van der Waals surface area contributed by atoms with Crippen LogP contribution in [-0.2, 0) is 4.79 Å². The molecule has 14 heavy (non-hydrogen) atoms. The molecule has 1 saturated heterocycles. The molecule has 1 N–H and O–H groups in total. The van der Waals surface area contributed by atoms with Crippen LogP contribution in [-0.4, -0.2) is 37.0 Å². The number of piperidine rings is 1. The second kappa shape index (κ2) is 4.30. The number of amides is 1. The van der Waals surface area contributed by atoms with Crippen molar-refractivity contribution < 1.29 is 4.79 Å². The van der Waals surface area contributed by atoms with Gasteiger partial charge in [-0.3, -0.25) is 4.79 Å². The van der Waals surface area contributed by atoms with E-state index in [4.69, 9.17) is 0 Å². The number of hydrogen-bond donors (Lipinski definition) is 1. The van der Waals surface area contributed by atoms with Gasteiger partial charge in [-0.05, 0) is 45.2 Å². The molecule has 1 aliphatic heterocycles. The molecule has 1 aliphatic carbocycles. The molecule has 0 bridgehead atoms. The number of hydrogen-bond acceptors (Lipinski definition) is 2. The van der Waals surface area contributed by atoms with Crippen molar-refractivity contribution in [3.8, 4) is 0 Å². The van der Waals surface area contributed by atoms with Crippen LogP contribution in [0.25, 0.3) is 0 Å². The molecule has 0 atom stereocenters. The van der Waals surface area contributed by atoms with Crippen LogP contribution < -0.4 is 5.32 Å². The van der Waals surface area contributed by atoms with Crippen LogP contribution >= 0.6 is 0 Å². The molecule has 1 amide bonds. The highest BCUT2D eigenvalue weighted by Gasteiger charge is 2.30. The van der Waals surface area contributed by atoms with Gasteiger partial charge in [0.1, 0.15) is 0 Å². The minimum absolute atomic E-state index is 0.293. The van der Waals surface area contributed by atoms with E-state index < -0.39 is 0 Å². The first-order chi connectivity index (χ1) is 6.79. The van der Waals surface area contributed by atoms with Gasteiger partial charge < -0.3 is 10.2 Å². The van der Waals surface area contributed by atoms with Crippen molar-refractivity contribution in [1.29, 1.82) is 0 Å². The average Bonchev–Trinajstić information content (AvgIpc) is 2.15. The molecule has 2 aliphatic rings. The van der Waals surface area contributed by atoms with E-state index in [2.05, 4.69) is 5.32 Å². The van der Waals surface area contributed by atoms with Gasteiger partial charge in [0.05, 0.1) is 0 Å². The SMILES string of the molecule is CN(C(=O)C1CCNCC1)C1CCC1. The Bertz CT molecular complexity index is 203. The fraction of sp³-hybridized carbons (Fsp3) is 0.909. The highest BCUT2D eigenvalue weighted by Crippen LogP contribution is 2.26. The first-order valence-electron chi connectivity index (χ1n) is 5.76. The van der Waals surface area contributed by atoms with Gasteiger partial charge in [0.25, 0.3) is 0 Å². The van der Waals surface area contributed by atoms with Gasteiger partial charge in [0, 0.05) is 19.0 Å². The summed E-state index contributed by atoms with van der Waals surface area (Å²) in [6.07, 6.45) is 5.78. The smallest absolute Gasteiger partial charge is 0.225 e. The van der Waals surface area contributed by atoms with Crippen LogP contribution in [0.5, 0.6) is 0 Å². The van der Waals surface area contributed by atoms with Crippen LogP contribution in [0.15, 0.2) is 0 Å². The monoisotopic (exact) mass is 196 g/mol. The quantitative estimate of drug-likeness (QED) is 0.714. The Labute approximate surface area is 85.8 Å². The van der Waals surface area contributed by atoms with Crippen molar-refractivity contribution in [2.24, 2.45) is 5.92 Å². The lowest BCUT2D eigenvalue weighted by Crippen LogP contribution is -2.46. The van der Waals surface area contributed by atoms with Crippen molar-refractivity contribution in [3.63, 3.8) is 0 Å². The predicted octanol–water partition coefficient (Wildman–Crippen LogP) is 0.997. The van der Waals surface area contributed by atoms with E-state index in [-0.39, 0.29) is 0 Å². The summed E-state index contributed by atoms with van der Waals surface area (Å²) in [6, 6.07) is 0.553. The van der Waals surface area contributed by atoms with Gasteiger partial charge in [-0.15, -0.1) is 0 Å². The molecule has 0 unspecified atom stereocenters. The Morgan fingerprint density at radius 2 is 1.86 bits per heavy atom. The van der Waals surface area contributed by atoms with Crippen molar-refractivity contribution >= 4 is 5.91 Å². The fourth-order valence-corrected chi connectivity index (χ4v) is 2.31. The van der Waals surface area contributed by atoms with E-state index in [9.17, 15) is 4.79 Å². The Morgan fingerprint density at radius 1 is 1.21 bits per heavy atom. The largest absolute Gasteiger partial charge is 0.343 e. The van der Waals surface area contributed by atoms with Gasteiger partial charge in [0.2, 0.25) is 5.91 Å². The molecular weight excluding hydrogens is 176 g/mol. The van der Waals surface area contributed by atoms with E-state index in [1.807, 2.05) is 11.9 Å². The zero-order valence-corrected chi connectivity index (χ0v) is 8.96. The van der Waals surface area contributed by atoms with Crippen molar-refractivity contribution in [2.75, 3.05) is 20.1 Å². The maximum Gasteiger partial charge on any atom is 0.225 e. The first-order valence-corrected chi connectivity index (χ1v) is 5.76. The summed E-state index contributed by atoms with van der Waals surface area (Å²) in [6.45, 7) is 2.02. The van der Waals surface area contributed by atoms with E-state index in [0.717, 1.165) is 25.9 Å². The fourth-order valence-electron chi connectivity index (χ4n) is 2.31. The first kappa shape index (κ1) is 9.97. The molecule has 0 aromatic carbocycles. The lowest BCUT2D eigenvalue weighted by Gasteiger charge is -2.37. The Kier molecular flexibility index (Phi) is 3.06. The van der Waals surface area contributed by atoms with Crippen LogP contribution in [0.1, 0.15) is 32.1 Å². The van der Waals surface area contributed by atoms with E-state index in [1.165, 1.54) is 19.3 Å². The van der Waals surface area contributed by atoms with Crippen molar-refractivity contribution in [2.45, 2.75) is 38.1 Å². The second-order valence-corrected chi connectivity index (χ2v) is 4.56. The van der Waals surface area contributed by atoms with Crippen LogP contribution in [0, 0.1) is 5.92 Å². The van der Waals surface area contributed by atoms with Crippen molar-refractivity contribution in [3.05, 3.63) is 0 Å². The highest BCUT2D eigenvalue weighted by molar-refractivity contribution is 5.79. The number of carbonyl (C=O) groups excluding carboxylic acids is 1. The molecule has 2 fully saturated rings. The molecule has 1 heterocycles. The summed E-state index contributed by atoms with van der Waals surface area (Å²) in [5.41, 5.74) is 0. The zero-order chi connectivity index (χ0) is 9.97. The van der Waals surface area contributed by atoms with E-state index >= 15 is 0 Å². The predicted molar refractivity (Wildman–Crippen MR) is 56.0 cm³/mol. The lowest BCUT2D eigenvalue weighted by molar-refractivity contribution is -0.138. The van der Waals surface area contributed by atoms with Crippen LogP contribution in [0.3, 0.4) is 0 Å². The lowest BCUT2D eigenvalue weighted by atomic mass is 9.89. The van der Waals surface area contributed by atoms with Gasteiger partial charge in [-0.1, -0.05) is 0 Å². The third-order valence-corrected chi connectivity index (χ3v) is 3.66. The molecule has 3 heteroatoms. The highest BCUT2D eigenvalue weighted by atomic mass is 16.2. The zero-order valence-electron chi connectivity index (χ0n) is 8.96. The maximum absolute atomic E-state index is 12.0. The molecular formula is C11H20N2O. The summed E-state index contributed by atoms with van der Waals surface area (Å²) in [7, 11) is 1.98. The standard InChI is InChI=1S/C11H20N2O/c1-13(10-3-2-4-10)11(14)9-5-7-12-8-6-9/h9-10,12H,2-8H2,1H3. The number of rotatable bonds is 2. The Hall–Kier alpha value is -0.570. The molecule has 0 spiro atoms. The molecule has 1 saturated carbocycles. The molecule has 2 rings (SSSR count). The van der Waals surface area contributed by atoms with E-state index in [1.54, 1.807) is 0 Å². The average molecular weight is 196 g/mol. The molecule has 0 aromatic heterocycles. The van der Waals surface area contributed by atoms with Crippen LogP contribution in [0.4, 0.5) is 0 Å². The number of nitrogens with zero attached hydrogens (tertiary/aromatic N) is 1. The van der Waals surface area contributed by atoms with Crippen LogP contribution in [0.2, 0.25) is 0 Å².